The van der Waals surface area contributed by atoms with Gasteiger partial charge in [0.2, 0.25) is 0 Å². The molecule has 0 aliphatic heterocycles. The lowest BCUT2D eigenvalue weighted by molar-refractivity contribution is 0.208. The topological polar surface area (TPSA) is 60.9 Å². The Morgan fingerprint density at radius 3 is 2.21 bits per heavy atom. The smallest absolute Gasteiger partial charge is 0.281 e. The summed E-state index contributed by atoms with van der Waals surface area (Å²) in [6.07, 6.45) is 0.775. The molecule has 0 spiro atoms. The number of hydrogen-bond acceptors (Lipinski definition) is 3. The average Bonchev–Trinajstić information content (AvgIpc) is 2.15. The molecule has 0 aromatic carbocycles. The van der Waals surface area contributed by atoms with Gasteiger partial charge in [0.05, 0.1) is 6.61 Å². The Morgan fingerprint density at radius 1 is 1.36 bits per heavy atom. The Morgan fingerprint density at radius 2 is 1.86 bits per heavy atom. The summed E-state index contributed by atoms with van der Waals surface area (Å²) in [4.78, 5) is 0. The molecule has 14 heavy (non-hydrogen) atoms. The molecule has 0 amide bonds. The van der Waals surface area contributed by atoms with Crippen molar-refractivity contribution in [3.05, 3.63) is 0 Å². The molecule has 0 aliphatic rings. The summed E-state index contributed by atoms with van der Waals surface area (Å²) in [6, 6.07) is -0.390. The van der Waals surface area contributed by atoms with Gasteiger partial charge >= 0.3 is 0 Å². The van der Waals surface area contributed by atoms with Crippen LogP contribution in [0.25, 0.3) is 0 Å². The van der Waals surface area contributed by atoms with E-state index in [1.807, 2.05) is 6.92 Å². The summed E-state index contributed by atoms with van der Waals surface area (Å²) in [7, 11) is -0.390. The standard InChI is InChI=1S/C8H20N2O3S/c1-5-6-9(3)14(12,13)10(4)8(2)7-11/h8,11H,5-7H2,1-4H3. The minimum Gasteiger partial charge on any atom is -0.395 e. The number of rotatable bonds is 6. The van der Waals surface area contributed by atoms with E-state index >= 15 is 0 Å². The second kappa shape index (κ2) is 5.65. The largest absolute Gasteiger partial charge is 0.395 e. The third kappa shape index (κ3) is 3.20. The Labute approximate surface area is 86.5 Å². The highest BCUT2D eigenvalue weighted by atomic mass is 32.2. The maximum absolute atomic E-state index is 11.8. The normalized spacial score (nSPS) is 15.1. The molecule has 0 aliphatic carbocycles. The van der Waals surface area contributed by atoms with Gasteiger partial charge in [0.1, 0.15) is 0 Å². The van der Waals surface area contributed by atoms with Crippen molar-refractivity contribution in [3.63, 3.8) is 0 Å². The van der Waals surface area contributed by atoms with E-state index in [-0.39, 0.29) is 12.6 Å². The lowest BCUT2D eigenvalue weighted by Crippen LogP contribution is -2.45. The van der Waals surface area contributed by atoms with Crippen molar-refractivity contribution in [2.24, 2.45) is 0 Å². The maximum atomic E-state index is 11.8. The van der Waals surface area contributed by atoms with Crippen LogP contribution in [0.4, 0.5) is 0 Å². The Balaban J connectivity index is 4.61. The van der Waals surface area contributed by atoms with E-state index in [9.17, 15) is 8.42 Å². The van der Waals surface area contributed by atoms with E-state index in [4.69, 9.17) is 5.11 Å². The van der Waals surface area contributed by atoms with Crippen molar-refractivity contribution >= 4 is 10.2 Å². The quantitative estimate of drug-likeness (QED) is 0.684. The van der Waals surface area contributed by atoms with Gasteiger partial charge in [-0.15, -0.1) is 0 Å². The van der Waals surface area contributed by atoms with Gasteiger partial charge in [-0.2, -0.15) is 17.0 Å². The minimum absolute atomic E-state index is 0.171. The number of aliphatic hydroxyl groups excluding tert-OH is 1. The highest BCUT2D eigenvalue weighted by Gasteiger charge is 2.26. The number of likely N-dealkylation sites (N-methyl/N-ethyl adjacent to an activating group) is 1. The second-order valence-corrected chi connectivity index (χ2v) is 5.47. The van der Waals surface area contributed by atoms with Crippen LogP contribution in [0.5, 0.6) is 0 Å². The van der Waals surface area contributed by atoms with Crippen molar-refractivity contribution in [3.8, 4) is 0 Å². The predicted octanol–water partition coefficient (Wildman–Crippen LogP) is -0.114. The fourth-order valence-corrected chi connectivity index (χ4v) is 2.37. The molecule has 0 radical (unpaired) electrons. The van der Waals surface area contributed by atoms with Gasteiger partial charge in [-0.05, 0) is 13.3 Å². The van der Waals surface area contributed by atoms with Gasteiger partial charge in [-0.25, -0.2) is 0 Å². The molecular formula is C8H20N2O3S. The highest BCUT2D eigenvalue weighted by Crippen LogP contribution is 2.08. The summed E-state index contributed by atoms with van der Waals surface area (Å²) in [5.74, 6) is 0. The van der Waals surface area contributed by atoms with Crippen LogP contribution in [0.15, 0.2) is 0 Å². The van der Waals surface area contributed by atoms with E-state index in [0.717, 1.165) is 6.42 Å². The van der Waals surface area contributed by atoms with E-state index in [1.54, 1.807) is 14.0 Å². The van der Waals surface area contributed by atoms with Crippen LogP contribution in [-0.2, 0) is 10.2 Å². The van der Waals surface area contributed by atoms with Crippen LogP contribution in [0.1, 0.15) is 20.3 Å². The predicted molar refractivity (Wildman–Crippen MR) is 56.2 cm³/mol. The van der Waals surface area contributed by atoms with Crippen LogP contribution in [0.3, 0.4) is 0 Å². The van der Waals surface area contributed by atoms with Crippen LogP contribution < -0.4 is 0 Å². The maximum Gasteiger partial charge on any atom is 0.281 e. The minimum atomic E-state index is -3.41. The lowest BCUT2D eigenvalue weighted by Gasteiger charge is -2.27. The van der Waals surface area contributed by atoms with Gasteiger partial charge in [0.25, 0.3) is 10.2 Å². The van der Waals surface area contributed by atoms with Crippen molar-refractivity contribution in [1.82, 2.24) is 8.61 Å². The number of aliphatic hydroxyl groups is 1. The SMILES string of the molecule is CCCN(C)S(=O)(=O)N(C)C(C)CO. The van der Waals surface area contributed by atoms with E-state index in [2.05, 4.69) is 0 Å². The summed E-state index contributed by atoms with van der Waals surface area (Å²) in [5.41, 5.74) is 0. The summed E-state index contributed by atoms with van der Waals surface area (Å²) in [6.45, 7) is 3.90. The van der Waals surface area contributed by atoms with E-state index in [1.165, 1.54) is 15.7 Å². The Hall–Kier alpha value is -0.170. The molecule has 1 unspecified atom stereocenters. The fourth-order valence-electron chi connectivity index (χ4n) is 0.992. The van der Waals surface area contributed by atoms with Crippen LogP contribution in [0, 0.1) is 0 Å². The summed E-state index contributed by atoms with van der Waals surface area (Å²) >= 11 is 0. The second-order valence-electron chi connectivity index (χ2n) is 3.38. The molecule has 0 saturated heterocycles. The highest BCUT2D eigenvalue weighted by molar-refractivity contribution is 7.86. The van der Waals surface area contributed by atoms with Crippen LogP contribution >= 0.6 is 0 Å². The average molecular weight is 224 g/mol. The van der Waals surface area contributed by atoms with E-state index in [0.29, 0.717) is 6.54 Å². The zero-order valence-corrected chi connectivity index (χ0v) is 10.1. The molecule has 0 bridgehead atoms. The Kier molecular flexibility index (Phi) is 5.58. The molecule has 1 N–H and O–H groups in total. The molecule has 0 rings (SSSR count). The monoisotopic (exact) mass is 224 g/mol. The number of nitrogens with zero attached hydrogens (tertiary/aromatic N) is 2. The first kappa shape index (κ1) is 13.8. The molecule has 6 heteroatoms. The van der Waals surface area contributed by atoms with Crippen LogP contribution in [0.2, 0.25) is 0 Å². The van der Waals surface area contributed by atoms with Gasteiger partial charge in [0, 0.05) is 26.7 Å². The first-order chi connectivity index (χ1) is 6.37. The van der Waals surface area contributed by atoms with Crippen molar-refractivity contribution in [2.45, 2.75) is 26.3 Å². The Bertz CT molecular complexity index is 253. The van der Waals surface area contributed by atoms with E-state index < -0.39 is 10.2 Å². The van der Waals surface area contributed by atoms with Gasteiger partial charge in [-0.1, -0.05) is 6.92 Å². The molecule has 0 saturated carbocycles. The third-order valence-electron chi connectivity index (χ3n) is 2.18. The molecule has 0 aromatic heterocycles. The molecule has 0 fully saturated rings. The molecule has 5 nitrogen and oxygen atoms in total. The first-order valence-electron chi connectivity index (χ1n) is 4.68. The molecule has 1 atom stereocenters. The zero-order valence-electron chi connectivity index (χ0n) is 9.27. The zero-order chi connectivity index (χ0) is 11.4. The van der Waals surface area contributed by atoms with Crippen molar-refractivity contribution in [1.29, 1.82) is 0 Å². The molecule has 0 aromatic rings. The molecular weight excluding hydrogens is 204 g/mol. The van der Waals surface area contributed by atoms with Gasteiger partial charge in [0.15, 0.2) is 0 Å². The first-order valence-corrected chi connectivity index (χ1v) is 6.07. The molecule has 0 heterocycles. The van der Waals surface area contributed by atoms with Crippen LogP contribution in [-0.4, -0.2) is 55.4 Å². The number of hydrogen-bond donors (Lipinski definition) is 1. The third-order valence-corrected chi connectivity index (χ3v) is 4.24. The fraction of sp³-hybridized carbons (Fsp3) is 1.00. The summed E-state index contributed by atoms with van der Waals surface area (Å²) < 4.78 is 26.0. The van der Waals surface area contributed by atoms with Gasteiger partial charge < -0.3 is 5.11 Å². The summed E-state index contributed by atoms with van der Waals surface area (Å²) in [5, 5.41) is 8.86. The van der Waals surface area contributed by atoms with Crippen molar-refractivity contribution < 1.29 is 13.5 Å². The van der Waals surface area contributed by atoms with Gasteiger partial charge in [-0.3, -0.25) is 0 Å². The molecule has 86 valence electrons. The van der Waals surface area contributed by atoms with Crippen molar-refractivity contribution in [2.75, 3.05) is 27.2 Å². The lowest BCUT2D eigenvalue weighted by atomic mass is 10.4.